The molecule has 0 unspecified atom stereocenters. The maximum absolute atomic E-state index is 9.69. The monoisotopic (exact) mass is 907 g/mol. The fourth-order valence-electron chi connectivity index (χ4n) is 7.19. The van der Waals surface area contributed by atoms with Crippen molar-refractivity contribution in [2.75, 3.05) is 0 Å². The van der Waals surface area contributed by atoms with E-state index in [-0.39, 0.29) is 20.1 Å². The third-order valence-electron chi connectivity index (χ3n) is 9.77. The van der Waals surface area contributed by atoms with Crippen LogP contribution in [0.1, 0.15) is 56.2 Å². The second kappa shape index (κ2) is 16.3. The summed E-state index contributed by atoms with van der Waals surface area (Å²) in [5.74, 6) is 0.870. The average molecular weight is 907 g/mol. The summed E-state index contributed by atoms with van der Waals surface area (Å²) in [6.45, 7) is 9.03. The summed E-state index contributed by atoms with van der Waals surface area (Å²) in [5, 5.41) is 12.0. The molecule has 0 spiro atoms. The maximum atomic E-state index is 9.69. The van der Waals surface area contributed by atoms with Crippen molar-refractivity contribution in [3.8, 4) is 39.8 Å². The molecule has 0 aliphatic rings. The van der Waals surface area contributed by atoms with E-state index in [0.717, 1.165) is 48.5 Å². The Labute approximate surface area is 340 Å². The number of rotatable bonds is 6. The smallest absolute Gasteiger partial charge is 0.315 e. The van der Waals surface area contributed by atoms with Gasteiger partial charge in [0.15, 0.2) is 0 Å². The van der Waals surface area contributed by atoms with E-state index in [1.165, 1.54) is 27.6 Å². The molecule has 0 saturated carbocycles. The van der Waals surface area contributed by atoms with E-state index < -0.39 is 0 Å². The van der Waals surface area contributed by atoms with Crippen LogP contribution in [0.25, 0.3) is 65.0 Å². The van der Waals surface area contributed by atoms with Gasteiger partial charge in [-0.2, -0.15) is 46.9 Å². The predicted octanol–water partition coefficient (Wildman–Crippen LogP) is 12.2. The first-order chi connectivity index (χ1) is 26.4. The molecule has 55 heavy (non-hydrogen) atoms. The standard InChI is InChI=1S/C25H25N2.C24H13N2S.Ir/c1-18(2)21-13-10-14-22(19(3)4)25(21)27-17-26(20-11-6-5-7-12-20)23-15-8-9-16-24(23)27;25-15-17-12-13-19-18-9-6-10-20(21-11-4-5-14-26-21)23(18)27-24(19)22(17)16-7-2-1-3-8-16;/h5-11,13-16,18-19H,1-4H3;1-9,11-14H;/q2*-1;+3. The van der Waals surface area contributed by atoms with Gasteiger partial charge in [0.2, 0.25) is 0 Å². The van der Waals surface area contributed by atoms with Crippen molar-refractivity contribution in [1.29, 1.82) is 5.26 Å². The molecule has 0 aliphatic carbocycles. The summed E-state index contributed by atoms with van der Waals surface area (Å²) in [6, 6.07) is 56.4. The fraction of sp³-hybridized carbons (Fsp3) is 0.122. The van der Waals surface area contributed by atoms with Gasteiger partial charge in [-0.15, -0.1) is 23.8 Å². The Hall–Kier alpha value is -5.70. The van der Waals surface area contributed by atoms with Gasteiger partial charge in [0.25, 0.3) is 6.33 Å². The molecule has 6 aromatic carbocycles. The minimum absolute atomic E-state index is 0. The van der Waals surface area contributed by atoms with Crippen molar-refractivity contribution in [3.05, 3.63) is 181 Å². The van der Waals surface area contributed by atoms with Crippen LogP contribution in [-0.4, -0.2) is 9.55 Å². The Kier molecular flexibility index (Phi) is 11.2. The Morgan fingerprint density at radius 1 is 0.691 bits per heavy atom. The fourth-order valence-corrected chi connectivity index (χ4v) is 8.56. The summed E-state index contributed by atoms with van der Waals surface area (Å²) in [5.41, 5.74) is 11.9. The number of nitriles is 1. The van der Waals surface area contributed by atoms with Crippen molar-refractivity contribution < 1.29 is 24.7 Å². The Morgan fingerprint density at radius 3 is 2.09 bits per heavy atom. The zero-order valence-electron chi connectivity index (χ0n) is 31.0. The number of hydrogen-bond donors (Lipinski definition) is 0. The first-order valence-electron chi connectivity index (χ1n) is 18.3. The average Bonchev–Trinajstić information content (AvgIpc) is 3.80. The molecule has 0 N–H and O–H groups in total. The first kappa shape index (κ1) is 37.6. The van der Waals surface area contributed by atoms with E-state index in [0.29, 0.717) is 17.4 Å². The molecule has 0 fully saturated rings. The first-order valence-corrected chi connectivity index (χ1v) is 19.1. The second-order valence-electron chi connectivity index (χ2n) is 13.9. The van der Waals surface area contributed by atoms with Gasteiger partial charge in [-0.05, 0) is 62.1 Å². The SMILES string of the molecule is CC(C)c1cccc(C(C)C)c1-[n+]1[c-]n(-c2[c-]cccc2)c2ccccc21.N#Cc1ccc2c(sc3c(-c4ccccn4)[c-]ccc32)c1-c1ccccc1.[Ir+3]. The van der Waals surface area contributed by atoms with Gasteiger partial charge < -0.3 is 9.55 Å². The molecule has 3 heterocycles. The maximum Gasteiger partial charge on any atom is 3.00 e. The number of aromatic nitrogens is 3. The number of benzene rings is 6. The number of para-hydroxylation sites is 4. The van der Waals surface area contributed by atoms with E-state index in [9.17, 15) is 5.26 Å². The summed E-state index contributed by atoms with van der Waals surface area (Å²) in [4.78, 5) is 4.51. The van der Waals surface area contributed by atoms with E-state index in [4.69, 9.17) is 0 Å². The third-order valence-corrected chi connectivity index (χ3v) is 11.0. The molecule has 4 nitrogen and oxygen atoms in total. The number of pyridine rings is 1. The molecule has 0 amide bonds. The van der Waals surface area contributed by atoms with Gasteiger partial charge in [-0.1, -0.05) is 124 Å². The van der Waals surface area contributed by atoms with Crippen LogP contribution in [0, 0.1) is 29.8 Å². The molecule has 0 radical (unpaired) electrons. The molecule has 0 aliphatic heterocycles. The summed E-state index contributed by atoms with van der Waals surface area (Å²) in [6.07, 6.45) is 5.42. The number of imidazole rings is 1. The zero-order valence-corrected chi connectivity index (χ0v) is 34.3. The summed E-state index contributed by atoms with van der Waals surface area (Å²) < 4.78 is 6.63. The van der Waals surface area contributed by atoms with Gasteiger partial charge in [0, 0.05) is 16.5 Å². The molecular formula is C49H38IrN4S+. The minimum atomic E-state index is 0. The van der Waals surface area contributed by atoms with Crippen molar-refractivity contribution in [2.45, 2.75) is 39.5 Å². The Morgan fingerprint density at radius 2 is 1.40 bits per heavy atom. The molecule has 0 atom stereocenters. The molecule has 268 valence electrons. The van der Waals surface area contributed by atoms with Crippen molar-refractivity contribution >= 4 is 42.5 Å². The third kappa shape index (κ3) is 7.15. The molecular weight excluding hydrogens is 869 g/mol. The van der Waals surface area contributed by atoms with Crippen molar-refractivity contribution in [2.24, 2.45) is 0 Å². The van der Waals surface area contributed by atoms with Gasteiger partial charge in [0.05, 0.1) is 28.4 Å². The molecule has 9 aromatic rings. The van der Waals surface area contributed by atoms with E-state index in [1.54, 1.807) is 17.5 Å². The molecule has 0 saturated heterocycles. The van der Waals surface area contributed by atoms with Crippen LogP contribution in [-0.2, 0) is 20.1 Å². The van der Waals surface area contributed by atoms with E-state index in [1.807, 2.05) is 66.7 Å². The molecule has 0 bridgehead atoms. The van der Waals surface area contributed by atoms with Gasteiger partial charge >= 0.3 is 20.1 Å². The van der Waals surface area contributed by atoms with Gasteiger partial charge in [0.1, 0.15) is 0 Å². The van der Waals surface area contributed by atoms with Crippen LogP contribution >= 0.6 is 11.3 Å². The van der Waals surface area contributed by atoms with Crippen molar-refractivity contribution in [3.63, 3.8) is 0 Å². The molecule has 6 heteroatoms. The van der Waals surface area contributed by atoms with E-state index >= 15 is 0 Å². The topological polar surface area (TPSA) is 45.5 Å². The summed E-state index contributed by atoms with van der Waals surface area (Å²) >= 11 is 1.71. The van der Waals surface area contributed by atoms with Crippen molar-refractivity contribution in [1.82, 2.24) is 9.55 Å². The van der Waals surface area contributed by atoms with E-state index in [2.05, 4.69) is 139 Å². The van der Waals surface area contributed by atoms with Gasteiger partial charge in [-0.25, -0.2) is 0 Å². The number of thiophene rings is 1. The van der Waals surface area contributed by atoms with Crippen LogP contribution in [0.5, 0.6) is 0 Å². The zero-order chi connectivity index (χ0) is 37.2. The number of nitrogens with zero attached hydrogens (tertiary/aromatic N) is 4. The van der Waals surface area contributed by atoms with Crippen LogP contribution in [0.4, 0.5) is 0 Å². The predicted molar refractivity (Wildman–Crippen MR) is 222 cm³/mol. The number of fused-ring (bicyclic) bond motifs is 4. The van der Waals surface area contributed by atoms with Crippen LogP contribution in [0.3, 0.4) is 0 Å². The quantitative estimate of drug-likeness (QED) is 0.123. The van der Waals surface area contributed by atoms with Gasteiger partial charge in [-0.3, -0.25) is 4.57 Å². The normalized spacial score (nSPS) is 11.1. The second-order valence-corrected chi connectivity index (χ2v) is 14.9. The molecule has 9 rings (SSSR count). The van der Waals surface area contributed by atoms with Crippen LogP contribution in [0.2, 0.25) is 0 Å². The Balaban J connectivity index is 0.000000166. The largest absolute Gasteiger partial charge is 3.00 e. The number of hydrogen-bond acceptors (Lipinski definition) is 3. The molecule has 3 aromatic heterocycles. The summed E-state index contributed by atoms with van der Waals surface area (Å²) in [7, 11) is 0. The Bertz CT molecular complexity index is 2750. The van der Waals surface area contributed by atoms with Crippen LogP contribution in [0.15, 0.2) is 146 Å². The minimum Gasteiger partial charge on any atom is -0.315 e. The van der Waals surface area contributed by atoms with Crippen LogP contribution < -0.4 is 4.57 Å².